The Morgan fingerprint density at radius 1 is 0.941 bits per heavy atom. The van der Waals surface area contributed by atoms with E-state index < -0.39 is 35.8 Å². The van der Waals surface area contributed by atoms with Crippen LogP contribution in [0.3, 0.4) is 0 Å². The number of H-pyrrole nitrogens is 2. The smallest absolute Gasteiger partial charge is 0.419 e. The van der Waals surface area contributed by atoms with Crippen molar-refractivity contribution in [2.75, 3.05) is 7.11 Å². The summed E-state index contributed by atoms with van der Waals surface area (Å²) < 4.78 is 89.2. The van der Waals surface area contributed by atoms with Gasteiger partial charge in [0, 0.05) is 23.2 Å². The molecule has 2 N–H and O–H groups in total. The molecule has 0 spiro atoms. The number of halogens is 6. The Labute approximate surface area is 187 Å². The summed E-state index contributed by atoms with van der Waals surface area (Å²) in [4.78, 5) is 14.5. The van der Waals surface area contributed by atoms with Crippen LogP contribution < -0.4 is 15.0 Å². The highest BCUT2D eigenvalue weighted by Gasteiger charge is 2.39. The molecule has 2 aromatic heterocycles. The third-order valence-corrected chi connectivity index (χ3v) is 5.04. The lowest BCUT2D eigenvalue weighted by Gasteiger charge is -2.17. The monoisotopic (exact) mass is 483 g/mol. The molecule has 0 amide bonds. The van der Waals surface area contributed by atoms with Crippen molar-refractivity contribution in [1.82, 2.24) is 15.2 Å². The van der Waals surface area contributed by atoms with Crippen LogP contribution in [0.5, 0.6) is 11.5 Å². The van der Waals surface area contributed by atoms with Crippen LogP contribution >= 0.6 is 0 Å². The van der Waals surface area contributed by atoms with Crippen LogP contribution in [0.15, 0.2) is 53.5 Å². The Morgan fingerprint density at radius 3 is 2.38 bits per heavy atom. The number of ether oxygens (including phenoxy) is 2. The molecule has 6 nitrogen and oxygen atoms in total. The number of fused-ring (bicyclic) bond motifs is 1. The lowest BCUT2D eigenvalue weighted by Crippen LogP contribution is -2.13. The molecule has 34 heavy (non-hydrogen) atoms. The van der Waals surface area contributed by atoms with E-state index >= 15 is 0 Å². The summed E-state index contributed by atoms with van der Waals surface area (Å²) >= 11 is 0. The summed E-state index contributed by atoms with van der Waals surface area (Å²) in [6, 6.07) is 7.24. The van der Waals surface area contributed by atoms with E-state index in [4.69, 9.17) is 9.47 Å². The average molecular weight is 483 g/mol. The molecule has 0 saturated heterocycles. The second-order valence-electron chi connectivity index (χ2n) is 7.22. The average Bonchev–Trinajstić information content (AvgIpc) is 3.24. The fraction of sp³-hybridized carbons (Fsp3) is 0.182. The molecule has 2 aromatic carbocycles. The maximum Gasteiger partial charge on any atom is 0.419 e. The molecular formula is C22H15F6N3O3. The van der Waals surface area contributed by atoms with Gasteiger partial charge in [0.25, 0.3) is 0 Å². The van der Waals surface area contributed by atoms with E-state index in [0.717, 1.165) is 0 Å². The molecule has 0 aliphatic carbocycles. The molecule has 12 heteroatoms. The zero-order valence-corrected chi connectivity index (χ0v) is 17.3. The highest BCUT2D eigenvalue weighted by atomic mass is 19.4. The van der Waals surface area contributed by atoms with Gasteiger partial charge < -0.3 is 14.5 Å². The second-order valence-corrected chi connectivity index (χ2v) is 7.22. The van der Waals surface area contributed by atoms with Crippen LogP contribution in [0.1, 0.15) is 16.7 Å². The Kier molecular flexibility index (Phi) is 5.75. The van der Waals surface area contributed by atoms with E-state index in [-0.39, 0.29) is 17.4 Å². The van der Waals surface area contributed by atoms with Crippen LogP contribution in [0.4, 0.5) is 26.3 Å². The van der Waals surface area contributed by atoms with E-state index in [0.29, 0.717) is 39.9 Å². The van der Waals surface area contributed by atoms with Crippen molar-refractivity contribution in [2.24, 2.45) is 0 Å². The third kappa shape index (κ3) is 4.56. The van der Waals surface area contributed by atoms with Crippen molar-refractivity contribution in [3.63, 3.8) is 0 Å². The number of benzene rings is 2. The summed E-state index contributed by atoms with van der Waals surface area (Å²) in [5.74, 6) is -0.503. The predicted octanol–water partition coefficient (Wildman–Crippen LogP) is 5.54. The molecule has 2 heterocycles. The van der Waals surface area contributed by atoms with Crippen LogP contribution in [0, 0.1) is 0 Å². The first-order chi connectivity index (χ1) is 16.0. The van der Waals surface area contributed by atoms with Gasteiger partial charge in [-0.2, -0.15) is 31.4 Å². The largest absolute Gasteiger partial charge is 0.496 e. The Balaban J connectivity index is 1.66. The minimum absolute atomic E-state index is 0.0127. The van der Waals surface area contributed by atoms with Gasteiger partial charge in [0.2, 0.25) is 5.56 Å². The fourth-order valence-electron chi connectivity index (χ4n) is 3.43. The minimum Gasteiger partial charge on any atom is -0.496 e. The molecule has 0 saturated carbocycles. The maximum absolute atomic E-state index is 13.4. The third-order valence-electron chi connectivity index (χ3n) is 5.04. The normalized spacial score (nSPS) is 12.2. The highest BCUT2D eigenvalue weighted by Crippen LogP contribution is 2.41. The molecule has 178 valence electrons. The van der Waals surface area contributed by atoms with Gasteiger partial charge in [-0.25, -0.2) is 0 Å². The van der Waals surface area contributed by atoms with Gasteiger partial charge in [-0.15, -0.1) is 0 Å². The number of nitrogens with zero attached hydrogens (tertiary/aromatic N) is 1. The number of hydrogen-bond donors (Lipinski definition) is 2. The van der Waals surface area contributed by atoms with Gasteiger partial charge in [-0.3, -0.25) is 9.89 Å². The molecule has 0 radical (unpaired) electrons. The number of rotatable bonds is 5. The quantitative estimate of drug-likeness (QED) is 0.365. The number of pyridine rings is 1. The number of hydrogen-bond acceptors (Lipinski definition) is 4. The Morgan fingerprint density at radius 2 is 1.71 bits per heavy atom. The van der Waals surface area contributed by atoms with Crippen molar-refractivity contribution in [3.05, 3.63) is 75.7 Å². The predicted molar refractivity (Wildman–Crippen MR) is 109 cm³/mol. The zero-order valence-electron chi connectivity index (χ0n) is 17.3. The minimum atomic E-state index is -5.05. The SMILES string of the molecule is COc1cc(-c2cc(=O)[nH]c3n[nH]cc23)ccc1COc1ccc(C(F)(F)F)cc1C(F)(F)F. The van der Waals surface area contributed by atoms with Crippen molar-refractivity contribution < 1.29 is 35.8 Å². The molecule has 0 aliphatic heterocycles. The molecule has 0 unspecified atom stereocenters. The Bertz CT molecular complexity index is 1410. The van der Waals surface area contributed by atoms with E-state index in [1.54, 1.807) is 18.3 Å². The van der Waals surface area contributed by atoms with Gasteiger partial charge >= 0.3 is 12.4 Å². The maximum atomic E-state index is 13.4. The number of aromatic nitrogens is 3. The number of aromatic amines is 2. The highest BCUT2D eigenvalue weighted by molar-refractivity contribution is 5.92. The first-order valence-corrected chi connectivity index (χ1v) is 9.62. The van der Waals surface area contributed by atoms with Gasteiger partial charge in [0.05, 0.1) is 18.2 Å². The summed E-state index contributed by atoms with van der Waals surface area (Å²) in [5, 5.41) is 7.22. The first kappa shape index (κ1) is 23.2. The van der Waals surface area contributed by atoms with E-state index in [9.17, 15) is 31.1 Å². The van der Waals surface area contributed by atoms with Crippen LogP contribution in [-0.4, -0.2) is 22.3 Å². The lowest BCUT2D eigenvalue weighted by atomic mass is 10.0. The fourth-order valence-corrected chi connectivity index (χ4v) is 3.43. The van der Waals surface area contributed by atoms with Gasteiger partial charge in [0.15, 0.2) is 5.65 Å². The van der Waals surface area contributed by atoms with Crippen molar-refractivity contribution in [1.29, 1.82) is 0 Å². The van der Waals surface area contributed by atoms with E-state index in [1.165, 1.54) is 19.2 Å². The summed E-state index contributed by atoms with van der Waals surface area (Å²) in [6.07, 6.45) is -8.40. The van der Waals surface area contributed by atoms with Gasteiger partial charge in [0.1, 0.15) is 18.1 Å². The first-order valence-electron chi connectivity index (χ1n) is 9.62. The van der Waals surface area contributed by atoms with Crippen LogP contribution in [0.2, 0.25) is 0 Å². The summed E-state index contributed by atoms with van der Waals surface area (Å²) in [6.45, 7) is -0.408. The molecule has 0 aliphatic rings. The molecule has 4 aromatic rings. The topological polar surface area (TPSA) is 80.0 Å². The molecule has 0 atom stereocenters. The van der Waals surface area contributed by atoms with Crippen molar-refractivity contribution in [3.8, 4) is 22.6 Å². The van der Waals surface area contributed by atoms with Crippen LogP contribution in [-0.2, 0) is 19.0 Å². The van der Waals surface area contributed by atoms with Gasteiger partial charge in [-0.05, 0) is 35.4 Å². The molecule has 0 bridgehead atoms. The number of nitrogens with one attached hydrogen (secondary N) is 2. The summed E-state index contributed by atoms with van der Waals surface area (Å²) in [5.41, 5.74) is -1.56. The molecular weight excluding hydrogens is 468 g/mol. The standard InChI is InChI=1S/C22H15F6N3O3/c1-33-18-6-11(14-8-19(32)30-20-15(14)9-29-31-20)2-3-12(18)10-34-17-5-4-13(21(23,24)25)7-16(17)22(26,27)28/h2-9H,10H2,1H3,(H2,29,30,31,32). The van der Waals surface area contributed by atoms with Gasteiger partial charge in [-0.1, -0.05) is 12.1 Å². The number of alkyl halides is 6. The number of methoxy groups -OCH3 is 1. The van der Waals surface area contributed by atoms with Crippen molar-refractivity contribution >= 4 is 11.0 Å². The molecule has 0 fully saturated rings. The molecule has 4 rings (SSSR count). The second kappa shape index (κ2) is 8.43. The van der Waals surface area contributed by atoms with E-state index in [1.807, 2.05) is 0 Å². The lowest BCUT2D eigenvalue weighted by molar-refractivity contribution is -0.143. The van der Waals surface area contributed by atoms with Crippen molar-refractivity contribution in [2.45, 2.75) is 19.0 Å². The zero-order chi connectivity index (χ0) is 24.7. The summed E-state index contributed by atoms with van der Waals surface area (Å²) in [7, 11) is 1.34. The van der Waals surface area contributed by atoms with E-state index in [2.05, 4.69) is 15.2 Å². The Hall–Kier alpha value is -3.96. The van der Waals surface area contributed by atoms with Crippen LogP contribution in [0.25, 0.3) is 22.2 Å².